The van der Waals surface area contributed by atoms with Gasteiger partial charge in [-0.2, -0.15) is 0 Å². The molecule has 25 heavy (non-hydrogen) atoms. The summed E-state index contributed by atoms with van der Waals surface area (Å²) >= 11 is 6.10. The number of carbonyl (C=O) groups excluding carboxylic acids is 2. The maximum absolute atomic E-state index is 12.3. The zero-order chi connectivity index (χ0) is 18.2. The summed E-state index contributed by atoms with van der Waals surface area (Å²) in [5.41, 5.74) is 1.43. The number of carbonyl (C=O) groups is 2. The lowest BCUT2D eigenvalue weighted by Crippen LogP contribution is -2.12. The van der Waals surface area contributed by atoms with E-state index in [2.05, 4.69) is 5.32 Å². The molecule has 0 aliphatic heterocycles. The molecule has 6 heteroatoms. The van der Waals surface area contributed by atoms with Gasteiger partial charge in [0.15, 0.2) is 0 Å². The highest BCUT2D eigenvalue weighted by molar-refractivity contribution is 6.32. The summed E-state index contributed by atoms with van der Waals surface area (Å²) in [6, 6.07) is 11.4. The normalized spacial score (nSPS) is 10.2. The fraction of sp³-hybridized carbons (Fsp3) is 0.263. The van der Waals surface area contributed by atoms with Crippen LogP contribution in [-0.4, -0.2) is 25.1 Å². The molecule has 5 nitrogen and oxygen atoms in total. The van der Waals surface area contributed by atoms with Gasteiger partial charge in [-0.25, -0.2) is 4.79 Å². The van der Waals surface area contributed by atoms with Crippen LogP contribution in [0.15, 0.2) is 42.5 Å². The van der Waals surface area contributed by atoms with Gasteiger partial charge in [-0.1, -0.05) is 18.5 Å². The van der Waals surface area contributed by atoms with Crippen LogP contribution in [0.3, 0.4) is 0 Å². The summed E-state index contributed by atoms with van der Waals surface area (Å²) in [5.74, 6) is -0.139. The second-order valence-electron chi connectivity index (χ2n) is 5.25. The van der Waals surface area contributed by atoms with Crippen molar-refractivity contribution in [3.8, 4) is 5.75 Å². The van der Waals surface area contributed by atoms with Crippen molar-refractivity contribution in [3.63, 3.8) is 0 Å². The molecule has 0 bridgehead atoms. The second-order valence-corrected chi connectivity index (χ2v) is 5.65. The van der Waals surface area contributed by atoms with E-state index in [4.69, 9.17) is 21.1 Å². The maximum atomic E-state index is 12.3. The monoisotopic (exact) mass is 361 g/mol. The maximum Gasteiger partial charge on any atom is 0.338 e. The van der Waals surface area contributed by atoms with Gasteiger partial charge >= 0.3 is 5.97 Å². The zero-order valence-corrected chi connectivity index (χ0v) is 14.9. The number of esters is 1. The molecule has 0 aliphatic rings. The topological polar surface area (TPSA) is 64.6 Å². The molecule has 1 amide bonds. The number of ether oxygens (including phenoxy) is 2. The lowest BCUT2D eigenvalue weighted by Gasteiger charge is -2.09. The summed E-state index contributed by atoms with van der Waals surface area (Å²) in [6.07, 6.45) is 0.768. The Bertz CT molecular complexity index is 744. The van der Waals surface area contributed by atoms with Crippen LogP contribution >= 0.6 is 11.6 Å². The molecule has 0 aromatic heterocycles. The van der Waals surface area contributed by atoms with E-state index in [0.29, 0.717) is 40.8 Å². The lowest BCUT2D eigenvalue weighted by atomic mass is 10.1. The van der Waals surface area contributed by atoms with Crippen molar-refractivity contribution >= 4 is 29.2 Å². The largest absolute Gasteiger partial charge is 0.492 e. The highest BCUT2D eigenvalue weighted by Gasteiger charge is 2.11. The molecule has 0 heterocycles. The fourth-order valence-electron chi connectivity index (χ4n) is 2.09. The van der Waals surface area contributed by atoms with Crippen molar-refractivity contribution in [2.75, 3.05) is 18.5 Å². The Morgan fingerprint density at radius 3 is 2.32 bits per heavy atom. The van der Waals surface area contributed by atoms with Crippen molar-refractivity contribution in [2.24, 2.45) is 0 Å². The molecule has 0 saturated carbocycles. The fourth-order valence-corrected chi connectivity index (χ4v) is 2.32. The zero-order valence-electron chi connectivity index (χ0n) is 14.2. The smallest absolute Gasteiger partial charge is 0.338 e. The van der Waals surface area contributed by atoms with E-state index < -0.39 is 0 Å². The second kappa shape index (κ2) is 9.08. The predicted octanol–water partition coefficient (Wildman–Crippen LogP) is 4.56. The quantitative estimate of drug-likeness (QED) is 0.734. The van der Waals surface area contributed by atoms with Crippen molar-refractivity contribution in [2.45, 2.75) is 20.3 Å². The van der Waals surface area contributed by atoms with Crippen molar-refractivity contribution in [1.82, 2.24) is 0 Å². The van der Waals surface area contributed by atoms with Gasteiger partial charge in [0.1, 0.15) is 5.75 Å². The minimum atomic E-state index is -0.377. The van der Waals surface area contributed by atoms with Gasteiger partial charge in [-0.3, -0.25) is 4.79 Å². The average molecular weight is 362 g/mol. The van der Waals surface area contributed by atoms with E-state index in [1.165, 1.54) is 0 Å². The molecule has 0 fully saturated rings. The summed E-state index contributed by atoms with van der Waals surface area (Å²) in [5, 5.41) is 3.13. The third-order valence-corrected chi connectivity index (χ3v) is 3.61. The van der Waals surface area contributed by atoms with Crippen molar-refractivity contribution < 1.29 is 19.1 Å². The first-order valence-electron chi connectivity index (χ1n) is 8.06. The Morgan fingerprint density at radius 1 is 1.04 bits per heavy atom. The number of halogens is 1. The number of rotatable bonds is 7. The SMILES string of the molecule is CCCOC(=O)c1ccc(NC(=O)c2ccc(OCC)c(Cl)c2)cc1. The highest BCUT2D eigenvalue weighted by atomic mass is 35.5. The standard InChI is InChI=1S/C19H20ClNO4/c1-3-11-25-19(23)13-5-8-15(9-6-13)21-18(22)14-7-10-17(24-4-2)16(20)12-14/h5-10,12H,3-4,11H2,1-2H3,(H,21,22). The van der Waals surface area contributed by atoms with Crippen LogP contribution in [0.25, 0.3) is 0 Å². The Labute approximate surface area is 151 Å². The first kappa shape index (κ1) is 18.8. The minimum Gasteiger partial charge on any atom is -0.492 e. The van der Waals surface area contributed by atoms with Gasteiger partial charge < -0.3 is 14.8 Å². The average Bonchev–Trinajstić information content (AvgIpc) is 2.62. The molecule has 0 aliphatic carbocycles. The van der Waals surface area contributed by atoms with Crippen LogP contribution in [0, 0.1) is 0 Å². The predicted molar refractivity (Wildman–Crippen MR) is 97.6 cm³/mol. The lowest BCUT2D eigenvalue weighted by molar-refractivity contribution is 0.0505. The van der Waals surface area contributed by atoms with Crippen LogP contribution in [0.5, 0.6) is 5.75 Å². The van der Waals surface area contributed by atoms with Crippen molar-refractivity contribution in [3.05, 3.63) is 58.6 Å². The van der Waals surface area contributed by atoms with Gasteiger partial charge in [0.25, 0.3) is 5.91 Å². The highest BCUT2D eigenvalue weighted by Crippen LogP contribution is 2.26. The number of amides is 1. The number of nitrogens with one attached hydrogen (secondary N) is 1. The number of hydrogen-bond acceptors (Lipinski definition) is 4. The van der Waals surface area contributed by atoms with Crippen LogP contribution in [0.1, 0.15) is 41.0 Å². The Balaban J connectivity index is 2.03. The van der Waals surface area contributed by atoms with E-state index in [0.717, 1.165) is 6.42 Å². The summed E-state index contributed by atoms with van der Waals surface area (Å²) in [4.78, 5) is 24.0. The van der Waals surface area contributed by atoms with E-state index in [1.54, 1.807) is 42.5 Å². The Kier molecular flexibility index (Phi) is 6.83. The van der Waals surface area contributed by atoms with E-state index in [-0.39, 0.29) is 11.9 Å². The van der Waals surface area contributed by atoms with Gasteiger partial charge in [-0.15, -0.1) is 0 Å². The third-order valence-electron chi connectivity index (χ3n) is 3.31. The molecule has 0 spiro atoms. The molecule has 2 rings (SSSR count). The molecular weight excluding hydrogens is 342 g/mol. The molecule has 0 saturated heterocycles. The molecule has 0 atom stereocenters. The van der Waals surface area contributed by atoms with E-state index >= 15 is 0 Å². The van der Waals surface area contributed by atoms with E-state index in [9.17, 15) is 9.59 Å². The summed E-state index contributed by atoms with van der Waals surface area (Å²) in [6.45, 7) is 4.67. The summed E-state index contributed by atoms with van der Waals surface area (Å²) in [7, 11) is 0. The van der Waals surface area contributed by atoms with Crippen molar-refractivity contribution in [1.29, 1.82) is 0 Å². The van der Waals surface area contributed by atoms with Crippen LogP contribution in [0.2, 0.25) is 5.02 Å². The molecule has 0 unspecified atom stereocenters. The van der Waals surface area contributed by atoms with Gasteiger partial charge in [0.2, 0.25) is 0 Å². The summed E-state index contributed by atoms with van der Waals surface area (Å²) < 4.78 is 10.4. The Morgan fingerprint density at radius 2 is 1.72 bits per heavy atom. The molecule has 1 N–H and O–H groups in total. The number of anilines is 1. The van der Waals surface area contributed by atoms with Crippen LogP contribution < -0.4 is 10.1 Å². The van der Waals surface area contributed by atoms with Gasteiger partial charge in [-0.05, 0) is 55.8 Å². The van der Waals surface area contributed by atoms with Crippen LogP contribution in [0.4, 0.5) is 5.69 Å². The minimum absolute atomic E-state index is 0.300. The number of hydrogen-bond donors (Lipinski definition) is 1. The Hall–Kier alpha value is -2.53. The molecular formula is C19H20ClNO4. The molecule has 2 aromatic carbocycles. The molecule has 2 aromatic rings. The first-order valence-corrected chi connectivity index (χ1v) is 8.43. The van der Waals surface area contributed by atoms with Gasteiger partial charge in [0, 0.05) is 11.3 Å². The number of benzene rings is 2. The first-order chi connectivity index (χ1) is 12.0. The molecule has 0 radical (unpaired) electrons. The van der Waals surface area contributed by atoms with E-state index in [1.807, 2.05) is 13.8 Å². The van der Waals surface area contributed by atoms with Crippen LogP contribution in [-0.2, 0) is 4.74 Å². The third kappa shape index (κ3) is 5.22. The molecule has 132 valence electrons. The van der Waals surface area contributed by atoms with Gasteiger partial charge in [0.05, 0.1) is 23.8 Å².